The molecule has 0 saturated carbocycles. The average molecular weight is 280 g/mol. The fourth-order valence-electron chi connectivity index (χ4n) is 1.52. The van der Waals surface area contributed by atoms with Crippen LogP contribution in [0.5, 0.6) is 0 Å². The highest BCUT2D eigenvalue weighted by atomic mass is 19.1. The van der Waals surface area contributed by atoms with Gasteiger partial charge in [0.15, 0.2) is 19.1 Å². The van der Waals surface area contributed by atoms with Gasteiger partial charge >= 0.3 is 11.7 Å². The van der Waals surface area contributed by atoms with Crippen LogP contribution in [0.15, 0.2) is 40.3 Å². The Kier molecular flexibility index (Phi) is 3.74. The molecule has 7 nitrogen and oxygen atoms in total. The molecule has 0 saturated heterocycles. The molecule has 0 amide bonds. The Labute approximate surface area is 111 Å². The second-order valence-corrected chi connectivity index (χ2v) is 3.99. The third-order valence-corrected chi connectivity index (χ3v) is 2.52. The number of aromatic nitrogens is 3. The minimum Gasteiger partial charge on any atom is -0.440 e. The highest BCUT2D eigenvalue weighted by molar-refractivity contribution is 5.88. The SMILES string of the molecule is C[n+]1cccc(C(=O)OCn2c(=O)[nH]cc(F)c2=O)c1. The fourth-order valence-corrected chi connectivity index (χ4v) is 1.52. The second-order valence-electron chi connectivity index (χ2n) is 3.99. The van der Waals surface area contributed by atoms with Crippen molar-refractivity contribution in [2.24, 2.45) is 7.05 Å². The lowest BCUT2D eigenvalue weighted by molar-refractivity contribution is -0.671. The van der Waals surface area contributed by atoms with Crippen LogP contribution in [-0.4, -0.2) is 15.5 Å². The van der Waals surface area contributed by atoms with Crippen molar-refractivity contribution in [2.45, 2.75) is 6.73 Å². The van der Waals surface area contributed by atoms with Crippen molar-refractivity contribution in [3.05, 3.63) is 62.9 Å². The highest BCUT2D eigenvalue weighted by Gasteiger charge is 2.13. The van der Waals surface area contributed by atoms with Crippen molar-refractivity contribution in [2.75, 3.05) is 0 Å². The summed E-state index contributed by atoms with van der Waals surface area (Å²) in [7, 11) is 1.72. The number of nitrogens with zero attached hydrogens (tertiary/aromatic N) is 2. The molecule has 104 valence electrons. The van der Waals surface area contributed by atoms with Gasteiger partial charge in [-0.25, -0.2) is 18.7 Å². The molecule has 1 N–H and O–H groups in total. The van der Waals surface area contributed by atoms with Gasteiger partial charge < -0.3 is 9.72 Å². The Balaban J connectivity index is 2.18. The Morgan fingerprint density at radius 3 is 2.95 bits per heavy atom. The van der Waals surface area contributed by atoms with E-state index in [-0.39, 0.29) is 5.56 Å². The number of halogens is 1. The van der Waals surface area contributed by atoms with Crippen LogP contribution in [0.25, 0.3) is 0 Å². The van der Waals surface area contributed by atoms with Gasteiger partial charge in [-0.15, -0.1) is 0 Å². The minimum absolute atomic E-state index is 0.246. The molecule has 0 aliphatic carbocycles. The molecule has 0 aliphatic rings. The normalized spacial score (nSPS) is 10.3. The molecule has 20 heavy (non-hydrogen) atoms. The number of rotatable bonds is 3. The number of ether oxygens (including phenoxy) is 1. The van der Waals surface area contributed by atoms with Crippen molar-refractivity contribution in [1.29, 1.82) is 0 Å². The van der Waals surface area contributed by atoms with Gasteiger partial charge in [-0.05, 0) is 6.07 Å². The van der Waals surface area contributed by atoms with Crippen molar-refractivity contribution in [3.8, 4) is 0 Å². The summed E-state index contributed by atoms with van der Waals surface area (Å²) in [6, 6.07) is 3.15. The highest BCUT2D eigenvalue weighted by Crippen LogP contribution is 1.98. The van der Waals surface area contributed by atoms with E-state index in [0.29, 0.717) is 10.8 Å². The molecule has 0 unspecified atom stereocenters. The minimum atomic E-state index is -1.15. The molecule has 0 fully saturated rings. The predicted molar refractivity (Wildman–Crippen MR) is 64.3 cm³/mol. The summed E-state index contributed by atoms with van der Waals surface area (Å²) in [4.78, 5) is 36.4. The predicted octanol–water partition coefficient (Wildman–Crippen LogP) is -0.685. The molecule has 0 radical (unpaired) electrons. The number of H-pyrrole nitrogens is 1. The Morgan fingerprint density at radius 2 is 2.25 bits per heavy atom. The quantitative estimate of drug-likeness (QED) is 0.596. The van der Waals surface area contributed by atoms with Crippen molar-refractivity contribution in [3.63, 3.8) is 0 Å². The number of aryl methyl sites for hydroxylation is 1. The zero-order valence-electron chi connectivity index (χ0n) is 10.5. The van der Waals surface area contributed by atoms with E-state index in [0.717, 1.165) is 0 Å². The molecule has 0 spiro atoms. The number of hydrogen-bond acceptors (Lipinski definition) is 4. The van der Waals surface area contributed by atoms with E-state index in [4.69, 9.17) is 4.74 Å². The largest absolute Gasteiger partial charge is 0.440 e. The molecule has 0 aliphatic heterocycles. The van der Waals surface area contributed by atoms with Crippen molar-refractivity contribution in [1.82, 2.24) is 9.55 Å². The number of aromatic amines is 1. The number of esters is 1. The molecule has 2 rings (SSSR count). The molecule has 2 heterocycles. The van der Waals surface area contributed by atoms with E-state index in [1.165, 1.54) is 12.3 Å². The number of pyridine rings is 1. The van der Waals surface area contributed by atoms with Gasteiger partial charge in [-0.3, -0.25) is 4.79 Å². The molecular formula is C12H11FN3O4+. The van der Waals surface area contributed by atoms with Crippen LogP contribution >= 0.6 is 0 Å². The van der Waals surface area contributed by atoms with Crippen molar-refractivity contribution < 1.29 is 18.5 Å². The van der Waals surface area contributed by atoms with E-state index in [1.54, 1.807) is 23.9 Å². The summed E-state index contributed by atoms with van der Waals surface area (Å²) in [5, 5.41) is 0. The number of nitrogens with one attached hydrogen (secondary N) is 1. The lowest BCUT2D eigenvalue weighted by Crippen LogP contribution is -2.37. The van der Waals surface area contributed by atoms with Crippen LogP contribution in [0.1, 0.15) is 10.4 Å². The van der Waals surface area contributed by atoms with Gasteiger partial charge in [0.2, 0.25) is 5.82 Å². The molecule has 8 heteroatoms. The lowest BCUT2D eigenvalue weighted by Gasteiger charge is -2.05. The van der Waals surface area contributed by atoms with E-state index >= 15 is 0 Å². The third-order valence-electron chi connectivity index (χ3n) is 2.52. The maximum atomic E-state index is 13.0. The van der Waals surface area contributed by atoms with Gasteiger partial charge in [-0.2, -0.15) is 4.39 Å². The molecule has 0 bridgehead atoms. The van der Waals surface area contributed by atoms with Gasteiger partial charge in [0.25, 0.3) is 5.56 Å². The fraction of sp³-hybridized carbons (Fsp3) is 0.167. The first-order valence-corrected chi connectivity index (χ1v) is 5.59. The molecule has 2 aromatic rings. The van der Waals surface area contributed by atoms with Crippen LogP contribution < -0.4 is 15.8 Å². The number of carbonyl (C=O) groups excluding carboxylic acids is 1. The van der Waals surface area contributed by atoms with Crippen LogP contribution in [0.4, 0.5) is 4.39 Å². The van der Waals surface area contributed by atoms with Gasteiger partial charge in [-0.1, -0.05) is 0 Å². The Hall–Kier alpha value is -2.77. The second kappa shape index (κ2) is 5.47. The standard InChI is InChI=1S/C12H10FN3O4/c1-15-4-2-3-8(6-15)11(18)20-7-16-10(17)9(13)5-14-12(16)19/h2-6H,7H2,1H3/p+1. The van der Waals surface area contributed by atoms with Gasteiger partial charge in [0.05, 0.1) is 0 Å². The monoisotopic (exact) mass is 280 g/mol. The number of carbonyl (C=O) groups is 1. The van der Waals surface area contributed by atoms with Crippen LogP contribution in [0.2, 0.25) is 0 Å². The maximum Gasteiger partial charge on any atom is 0.345 e. The summed E-state index contributed by atoms with van der Waals surface area (Å²) < 4.78 is 19.9. The summed E-state index contributed by atoms with van der Waals surface area (Å²) in [6.07, 6.45) is 3.89. The molecule has 0 atom stereocenters. The van der Waals surface area contributed by atoms with Gasteiger partial charge in [0.1, 0.15) is 12.6 Å². The van der Waals surface area contributed by atoms with Crippen LogP contribution in [0.3, 0.4) is 0 Å². The zero-order chi connectivity index (χ0) is 14.7. The first-order valence-electron chi connectivity index (χ1n) is 5.59. The lowest BCUT2D eigenvalue weighted by atomic mass is 10.3. The van der Waals surface area contributed by atoms with Gasteiger partial charge in [0, 0.05) is 12.3 Å². The first-order chi connectivity index (χ1) is 9.49. The van der Waals surface area contributed by atoms with E-state index in [1.807, 2.05) is 4.98 Å². The number of hydrogen-bond donors (Lipinski definition) is 1. The zero-order valence-corrected chi connectivity index (χ0v) is 10.5. The molecular weight excluding hydrogens is 269 g/mol. The molecule has 0 aromatic carbocycles. The van der Waals surface area contributed by atoms with Crippen LogP contribution in [0, 0.1) is 5.82 Å². The maximum absolute atomic E-state index is 13.0. The summed E-state index contributed by atoms with van der Waals surface area (Å²) in [5.74, 6) is -1.86. The first kappa shape index (κ1) is 13.7. The summed E-state index contributed by atoms with van der Waals surface area (Å²) in [6.45, 7) is -0.663. The third kappa shape index (κ3) is 2.79. The van der Waals surface area contributed by atoms with E-state index in [2.05, 4.69) is 0 Å². The Bertz CT molecular complexity index is 766. The summed E-state index contributed by atoms with van der Waals surface area (Å²) in [5.41, 5.74) is -1.76. The van der Waals surface area contributed by atoms with Crippen LogP contribution in [-0.2, 0) is 18.5 Å². The van der Waals surface area contributed by atoms with E-state index in [9.17, 15) is 18.8 Å². The molecule has 2 aromatic heterocycles. The Morgan fingerprint density at radius 1 is 1.50 bits per heavy atom. The topological polar surface area (TPSA) is 85.0 Å². The smallest absolute Gasteiger partial charge is 0.345 e. The average Bonchev–Trinajstić information content (AvgIpc) is 2.43. The van der Waals surface area contributed by atoms with E-state index < -0.39 is 29.8 Å². The van der Waals surface area contributed by atoms with Crippen molar-refractivity contribution >= 4 is 5.97 Å². The summed E-state index contributed by atoms with van der Waals surface area (Å²) >= 11 is 0.